The molecule has 2 aliphatic heterocycles. The van der Waals surface area contributed by atoms with E-state index in [0.717, 1.165) is 57.8 Å². The molecule has 0 spiro atoms. The average Bonchev–Trinajstić information content (AvgIpc) is 2.67. The minimum Gasteiger partial charge on any atom is -0.371 e. The molecular weight excluding hydrogens is 369 g/mol. The van der Waals surface area contributed by atoms with E-state index in [0.29, 0.717) is 11.9 Å². The number of hydrogen-bond donors (Lipinski definition) is 1. The van der Waals surface area contributed by atoms with E-state index < -0.39 is 0 Å². The van der Waals surface area contributed by atoms with Gasteiger partial charge in [-0.25, -0.2) is 0 Å². The van der Waals surface area contributed by atoms with E-state index in [2.05, 4.69) is 52.5 Å². The second-order valence-electron chi connectivity index (χ2n) is 7.29. The lowest BCUT2D eigenvalue weighted by molar-refractivity contribution is -0.132. The highest BCUT2D eigenvalue weighted by molar-refractivity contribution is 5.85. The summed E-state index contributed by atoms with van der Waals surface area (Å²) in [7, 11) is 2.18. The van der Waals surface area contributed by atoms with E-state index in [1.165, 1.54) is 18.5 Å². The number of halogens is 2. The minimum absolute atomic E-state index is 0. The summed E-state index contributed by atoms with van der Waals surface area (Å²) in [5, 5.41) is 3.39. The Kier molecular flexibility index (Phi) is 10.4. The van der Waals surface area contributed by atoms with Gasteiger partial charge in [0.15, 0.2) is 0 Å². The molecule has 2 fully saturated rings. The molecule has 26 heavy (non-hydrogen) atoms. The van der Waals surface area contributed by atoms with Crippen LogP contribution in [0.25, 0.3) is 0 Å². The van der Waals surface area contributed by atoms with Crippen molar-refractivity contribution in [2.45, 2.75) is 44.6 Å². The Labute approximate surface area is 170 Å². The SMILES string of the molecule is CN(c1ccccc1)C1CCN(C(=O)CCC2CCNCC2)CC1.Cl.Cl. The molecule has 1 aromatic carbocycles. The lowest BCUT2D eigenvalue weighted by Crippen LogP contribution is -2.45. The first-order valence-corrected chi connectivity index (χ1v) is 9.50. The number of para-hydroxylation sites is 1. The molecule has 2 heterocycles. The van der Waals surface area contributed by atoms with Gasteiger partial charge >= 0.3 is 0 Å². The van der Waals surface area contributed by atoms with E-state index in [1.54, 1.807) is 0 Å². The van der Waals surface area contributed by atoms with Gasteiger partial charge in [0.05, 0.1) is 0 Å². The first kappa shape index (κ1) is 23.1. The van der Waals surface area contributed by atoms with E-state index >= 15 is 0 Å². The second-order valence-corrected chi connectivity index (χ2v) is 7.29. The van der Waals surface area contributed by atoms with Crippen LogP contribution in [0.1, 0.15) is 38.5 Å². The molecule has 3 rings (SSSR count). The van der Waals surface area contributed by atoms with Crippen molar-refractivity contribution in [3.05, 3.63) is 30.3 Å². The molecular formula is C20H33Cl2N3O. The van der Waals surface area contributed by atoms with E-state index in [9.17, 15) is 4.79 Å². The molecule has 4 nitrogen and oxygen atoms in total. The van der Waals surface area contributed by atoms with Gasteiger partial charge in [-0.1, -0.05) is 18.2 Å². The summed E-state index contributed by atoms with van der Waals surface area (Å²) < 4.78 is 0. The predicted octanol–water partition coefficient (Wildman–Crippen LogP) is 3.74. The topological polar surface area (TPSA) is 35.6 Å². The number of nitrogens with zero attached hydrogens (tertiary/aromatic N) is 2. The van der Waals surface area contributed by atoms with Crippen LogP contribution in [0.15, 0.2) is 30.3 Å². The van der Waals surface area contributed by atoms with E-state index in [-0.39, 0.29) is 24.8 Å². The van der Waals surface area contributed by atoms with E-state index in [4.69, 9.17) is 0 Å². The number of rotatable bonds is 5. The summed E-state index contributed by atoms with van der Waals surface area (Å²) in [5.74, 6) is 1.12. The molecule has 1 N–H and O–H groups in total. The van der Waals surface area contributed by atoms with Gasteiger partial charge < -0.3 is 15.1 Å². The van der Waals surface area contributed by atoms with Crippen molar-refractivity contribution in [1.82, 2.24) is 10.2 Å². The lowest BCUT2D eigenvalue weighted by atomic mass is 9.92. The van der Waals surface area contributed by atoms with Gasteiger partial charge in [0, 0.05) is 38.3 Å². The third-order valence-corrected chi connectivity index (χ3v) is 5.75. The number of anilines is 1. The molecule has 2 saturated heterocycles. The van der Waals surface area contributed by atoms with Crippen molar-refractivity contribution in [1.29, 1.82) is 0 Å². The Hall–Kier alpha value is -0.970. The maximum Gasteiger partial charge on any atom is 0.222 e. The molecule has 0 bridgehead atoms. The fourth-order valence-electron chi connectivity index (χ4n) is 4.03. The normalized spacial score (nSPS) is 18.6. The van der Waals surface area contributed by atoms with Crippen LogP contribution in [-0.2, 0) is 4.79 Å². The summed E-state index contributed by atoms with van der Waals surface area (Å²) in [6, 6.07) is 11.1. The first-order chi connectivity index (χ1) is 11.7. The zero-order valence-corrected chi connectivity index (χ0v) is 17.4. The van der Waals surface area contributed by atoms with Crippen LogP contribution in [0.2, 0.25) is 0 Å². The first-order valence-electron chi connectivity index (χ1n) is 9.50. The number of hydrogen-bond acceptors (Lipinski definition) is 3. The number of amides is 1. The largest absolute Gasteiger partial charge is 0.371 e. The van der Waals surface area contributed by atoms with Gasteiger partial charge in [0.1, 0.15) is 0 Å². The maximum absolute atomic E-state index is 12.5. The molecule has 1 amide bonds. The maximum atomic E-state index is 12.5. The minimum atomic E-state index is 0. The third-order valence-electron chi connectivity index (χ3n) is 5.75. The van der Waals surface area contributed by atoms with Gasteiger partial charge in [-0.2, -0.15) is 0 Å². The van der Waals surface area contributed by atoms with Crippen molar-refractivity contribution in [3.63, 3.8) is 0 Å². The number of nitrogens with one attached hydrogen (secondary N) is 1. The van der Waals surface area contributed by atoms with Gasteiger partial charge in [0.25, 0.3) is 0 Å². The van der Waals surface area contributed by atoms with Crippen molar-refractivity contribution < 1.29 is 4.79 Å². The Balaban J connectivity index is 0.00000169. The molecule has 0 radical (unpaired) electrons. The highest BCUT2D eigenvalue weighted by Crippen LogP contribution is 2.23. The molecule has 0 atom stereocenters. The van der Waals surface area contributed by atoms with Crippen LogP contribution in [-0.4, -0.2) is 50.1 Å². The fraction of sp³-hybridized carbons (Fsp3) is 0.650. The smallest absolute Gasteiger partial charge is 0.222 e. The second kappa shape index (κ2) is 11.7. The van der Waals surface area contributed by atoms with Crippen molar-refractivity contribution in [2.24, 2.45) is 5.92 Å². The Bertz CT molecular complexity index is 515. The monoisotopic (exact) mass is 401 g/mol. The van der Waals surface area contributed by atoms with Crippen LogP contribution in [0.5, 0.6) is 0 Å². The molecule has 0 aliphatic carbocycles. The average molecular weight is 402 g/mol. The van der Waals surface area contributed by atoms with Crippen LogP contribution < -0.4 is 10.2 Å². The summed E-state index contributed by atoms with van der Waals surface area (Å²) in [5.41, 5.74) is 1.27. The number of piperidine rings is 2. The number of benzene rings is 1. The van der Waals surface area contributed by atoms with Crippen molar-refractivity contribution in [3.8, 4) is 0 Å². The van der Waals surface area contributed by atoms with Crippen LogP contribution >= 0.6 is 24.8 Å². The molecule has 6 heteroatoms. The Morgan fingerprint density at radius 1 is 1.08 bits per heavy atom. The number of carbonyl (C=O) groups is 1. The van der Waals surface area contributed by atoms with Gasteiger partial charge in [-0.05, 0) is 63.2 Å². The Morgan fingerprint density at radius 2 is 1.69 bits per heavy atom. The lowest BCUT2D eigenvalue weighted by Gasteiger charge is -2.38. The predicted molar refractivity (Wildman–Crippen MR) is 114 cm³/mol. The van der Waals surface area contributed by atoms with Crippen molar-refractivity contribution >= 4 is 36.4 Å². The van der Waals surface area contributed by atoms with Gasteiger partial charge in [-0.15, -0.1) is 24.8 Å². The third kappa shape index (κ3) is 6.33. The van der Waals surface area contributed by atoms with Crippen molar-refractivity contribution in [2.75, 3.05) is 38.1 Å². The standard InChI is InChI=1S/C20H31N3O.2ClH/c1-22(18-5-3-2-4-6-18)19-11-15-23(16-12-19)20(24)8-7-17-9-13-21-14-10-17;;/h2-6,17,19,21H,7-16H2,1H3;2*1H. The number of carbonyl (C=O) groups excluding carboxylic acids is 1. The van der Waals surface area contributed by atoms with Crippen LogP contribution in [0.3, 0.4) is 0 Å². The molecule has 148 valence electrons. The zero-order chi connectivity index (χ0) is 16.8. The van der Waals surface area contributed by atoms with Crippen LogP contribution in [0.4, 0.5) is 5.69 Å². The summed E-state index contributed by atoms with van der Waals surface area (Å²) >= 11 is 0. The highest BCUT2D eigenvalue weighted by Gasteiger charge is 2.25. The number of likely N-dealkylation sites (tertiary alicyclic amines) is 1. The fourth-order valence-corrected chi connectivity index (χ4v) is 4.03. The summed E-state index contributed by atoms with van der Waals surface area (Å²) in [6.07, 6.45) is 6.43. The van der Waals surface area contributed by atoms with Crippen LogP contribution in [0, 0.1) is 5.92 Å². The molecule has 0 saturated carbocycles. The molecule has 2 aliphatic rings. The van der Waals surface area contributed by atoms with Gasteiger partial charge in [-0.3, -0.25) is 4.79 Å². The molecule has 1 aromatic rings. The summed E-state index contributed by atoms with van der Waals surface area (Å²) in [6.45, 7) is 4.06. The zero-order valence-electron chi connectivity index (χ0n) is 15.7. The van der Waals surface area contributed by atoms with E-state index in [1.807, 2.05) is 0 Å². The highest BCUT2D eigenvalue weighted by atomic mass is 35.5. The Morgan fingerprint density at radius 3 is 2.31 bits per heavy atom. The quantitative estimate of drug-likeness (QED) is 0.815. The summed E-state index contributed by atoms with van der Waals surface area (Å²) in [4.78, 5) is 16.9. The molecule has 0 unspecified atom stereocenters. The van der Waals surface area contributed by atoms with Gasteiger partial charge in [0.2, 0.25) is 5.91 Å². The molecule has 0 aromatic heterocycles.